The minimum atomic E-state index is 0.522. The Morgan fingerprint density at radius 2 is 1.40 bits per heavy atom. The van der Waals surface area contributed by atoms with E-state index >= 15 is 0 Å². The molecule has 0 saturated heterocycles. The average Bonchev–Trinajstić information content (AvgIpc) is 2.47. The van der Waals surface area contributed by atoms with Gasteiger partial charge in [-0.15, -0.1) is 23.2 Å². The molecule has 0 atom stereocenters. The summed E-state index contributed by atoms with van der Waals surface area (Å²) in [6.45, 7) is 3.33. The monoisotopic (exact) mass is 432 g/mol. The van der Waals surface area contributed by atoms with E-state index in [-0.39, 0.29) is 0 Å². The normalized spacial score (nSPS) is 12.0. The largest absolute Gasteiger partial charge is 0.390 e. The number of hydrogen-bond acceptors (Lipinski definition) is 4. The maximum absolute atomic E-state index is 5.58. The second-order valence-electron chi connectivity index (χ2n) is 3.74. The molecular formula is C13H23Cl2IN4. The van der Waals surface area contributed by atoms with E-state index in [0.717, 1.165) is 30.9 Å². The summed E-state index contributed by atoms with van der Waals surface area (Å²) in [6, 6.07) is 0. The van der Waals surface area contributed by atoms with Gasteiger partial charge in [0, 0.05) is 29.3 Å². The predicted octanol–water partition coefficient (Wildman–Crippen LogP) is 2.43. The zero-order valence-corrected chi connectivity index (χ0v) is 15.2. The molecule has 0 aromatic rings. The molecule has 0 aliphatic rings. The summed E-state index contributed by atoms with van der Waals surface area (Å²) >= 11 is 13.4. The van der Waals surface area contributed by atoms with Gasteiger partial charge in [-0.05, 0) is 18.6 Å². The highest BCUT2D eigenvalue weighted by Crippen LogP contribution is 1.86. The van der Waals surface area contributed by atoms with Crippen LogP contribution in [0.4, 0.5) is 0 Å². The molecule has 0 aliphatic heterocycles. The van der Waals surface area contributed by atoms with Gasteiger partial charge < -0.3 is 16.0 Å². The minimum Gasteiger partial charge on any atom is -0.390 e. The standard InChI is InChI=1S/C13H23Cl2IN4/c14-4-1-7-17-10-11-20(12-18-8-2-5-15)13-19-9-3-6-16/h1-3,7-9,17-19H,4-6,10-13H2. The van der Waals surface area contributed by atoms with Crippen molar-refractivity contribution in [3.8, 4) is 0 Å². The summed E-state index contributed by atoms with van der Waals surface area (Å²) in [5.74, 6) is 1.05. The molecule has 0 aromatic heterocycles. The smallest absolute Gasteiger partial charge is 0.0688 e. The number of hydrogen-bond donors (Lipinski definition) is 3. The maximum atomic E-state index is 5.58. The van der Waals surface area contributed by atoms with Crippen molar-refractivity contribution in [3.63, 3.8) is 0 Å². The third-order valence-electron chi connectivity index (χ3n) is 2.18. The molecule has 0 aliphatic carbocycles. The van der Waals surface area contributed by atoms with Crippen molar-refractivity contribution in [3.05, 3.63) is 36.8 Å². The Kier molecular flexibility index (Phi) is 16.8. The molecule has 0 bridgehead atoms. The van der Waals surface area contributed by atoms with Gasteiger partial charge in [0.15, 0.2) is 0 Å². The molecule has 0 spiro atoms. The fourth-order valence-corrected chi connectivity index (χ4v) is 1.70. The highest BCUT2D eigenvalue weighted by atomic mass is 127. The van der Waals surface area contributed by atoms with E-state index in [1.165, 1.54) is 0 Å². The molecule has 20 heavy (non-hydrogen) atoms. The lowest BCUT2D eigenvalue weighted by atomic mass is 10.5. The minimum absolute atomic E-state index is 0.522. The van der Waals surface area contributed by atoms with Gasteiger partial charge in [0.05, 0.1) is 13.3 Å². The van der Waals surface area contributed by atoms with E-state index in [2.05, 4.69) is 49.5 Å². The molecule has 0 saturated carbocycles. The van der Waals surface area contributed by atoms with Crippen molar-refractivity contribution in [2.45, 2.75) is 0 Å². The van der Waals surface area contributed by atoms with E-state index in [0.29, 0.717) is 11.8 Å². The first-order valence-electron chi connectivity index (χ1n) is 6.40. The zero-order chi connectivity index (χ0) is 14.9. The van der Waals surface area contributed by atoms with Crippen LogP contribution in [0.2, 0.25) is 0 Å². The first-order chi connectivity index (χ1) is 9.85. The first-order valence-corrected chi connectivity index (χ1v) is 9.00. The van der Waals surface area contributed by atoms with Crippen LogP contribution >= 0.6 is 45.8 Å². The van der Waals surface area contributed by atoms with Crippen LogP contribution in [0.3, 0.4) is 0 Å². The number of rotatable bonds is 13. The first kappa shape index (κ1) is 19.9. The van der Waals surface area contributed by atoms with Crippen LogP contribution in [-0.4, -0.2) is 47.5 Å². The molecule has 0 aromatic carbocycles. The zero-order valence-electron chi connectivity index (χ0n) is 11.5. The van der Waals surface area contributed by atoms with Crippen molar-refractivity contribution >= 4 is 45.8 Å². The number of allylic oxidation sites excluding steroid dienone is 3. The van der Waals surface area contributed by atoms with Crippen LogP contribution < -0.4 is 16.0 Å². The van der Waals surface area contributed by atoms with Gasteiger partial charge in [0.1, 0.15) is 0 Å². The van der Waals surface area contributed by atoms with Crippen LogP contribution in [-0.2, 0) is 0 Å². The summed E-state index contributed by atoms with van der Waals surface area (Å²) in [6.07, 6.45) is 11.6. The summed E-state index contributed by atoms with van der Waals surface area (Å²) in [7, 11) is 0. The average molecular weight is 433 g/mol. The maximum Gasteiger partial charge on any atom is 0.0688 e. The Labute approximate surface area is 145 Å². The Morgan fingerprint density at radius 1 is 0.850 bits per heavy atom. The summed E-state index contributed by atoms with van der Waals surface area (Å²) in [4.78, 5) is 2.25. The third kappa shape index (κ3) is 14.3. The summed E-state index contributed by atoms with van der Waals surface area (Å²) in [5.41, 5.74) is 0. The molecule has 116 valence electrons. The van der Waals surface area contributed by atoms with E-state index < -0.39 is 0 Å². The van der Waals surface area contributed by atoms with Crippen molar-refractivity contribution < 1.29 is 0 Å². The van der Waals surface area contributed by atoms with Crippen molar-refractivity contribution in [1.29, 1.82) is 0 Å². The second kappa shape index (κ2) is 16.9. The molecule has 0 heterocycles. The van der Waals surface area contributed by atoms with E-state index in [1.54, 1.807) is 0 Å². The highest BCUT2D eigenvalue weighted by molar-refractivity contribution is 14.1. The van der Waals surface area contributed by atoms with Gasteiger partial charge in [-0.25, -0.2) is 0 Å². The van der Waals surface area contributed by atoms with E-state index in [4.69, 9.17) is 23.2 Å². The number of nitrogens with zero attached hydrogens (tertiary/aromatic N) is 1. The Balaban J connectivity index is 3.93. The third-order valence-corrected chi connectivity index (χ3v) is 3.04. The van der Waals surface area contributed by atoms with Gasteiger partial charge in [-0.1, -0.05) is 40.8 Å². The van der Waals surface area contributed by atoms with Crippen LogP contribution in [0.5, 0.6) is 0 Å². The quantitative estimate of drug-likeness (QED) is 0.181. The molecule has 0 rings (SSSR count). The molecule has 3 N–H and O–H groups in total. The second-order valence-corrected chi connectivity index (χ2v) is 5.24. The van der Waals surface area contributed by atoms with Gasteiger partial charge in [-0.3, -0.25) is 4.90 Å². The molecule has 0 unspecified atom stereocenters. The van der Waals surface area contributed by atoms with Gasteiger partial charge >= 0.3 is 0 Å². The van der Waals surface area contributed by atoms with Crippen molar-refractivity contribution in [1.82, 2.24) is 20.9 Å². The Morgan fingerprint density at radius 3 is 1.95 bits per heavy atom. The van der Waals surface area contributed by atoms with E-state index in [1.807, 2.05) is 30.8 Å². The highest BCUT2D eigenvalue weighted by Gasteiger charge is 2.00. The Hall–Kier alpha value is -0.110. The lowest BCUT2D eigenvalue weighted by molar-refractivity contribution is 0.258. The molecule has 0 amide bonds. The molecule has 0 fully saturated rings. The molecule has 7 heteroatoms. The fraction of sp³-hybridized carbons (Fsp3) is 0.538. The lowest BCUT2D eigenvalue weighted by Crippen LogP contribution is -2.40. The van der Waals surface area contributed by atoms with E-state index in [9.17, 15) is 0 Å². The predicted molar refractivity (Wildman–Crippen MR) is 98.5 cm³/mol. The van der Waals surface area contributed by atoms with Gasteiger partial charge in [0.2, 0.25) is 0 Å². The molecule has 0 radical (unpaired) electrons. The van der Waals surface area contributed by atoms with Gasteiger partial charge in [0.25, 0.3) is 0 Å². The molecule has 4 nitrogen and oxygen atoms in total. The number of halogens is 3. The SMILES string of the molecule is ClCC=CNCCN(CNC=CCCl)CNC=CCI. The molecular weight excluding hydrogens is 410 g/mol. The van der Waals surface area contributed by atoms with Crippen LogP contribution in [0, 0.1) is 0 Å². The fourth-order valence-electron chi connectivity index (χ4n) is 1.27. The number of nitrogens with one attached hydrogen (secondary N) is 3. The van der Waals surface area contributed by atoms with Crippen molar-refractivity contribution in [2.75, 3.05) is 42.6 Å². The van der Waals surface area contributed by atoms with Crippen molar-refractivity contribution in [2.24, 2.45) is 0 Å². The van der Waals surface area contributed by atoms with Crippen LogP contribution in [0.25, 0.3) is 0 Å². The van der Waals surface area contributed by atoms with Gasteiger partial charge in [-0.2, -0.15) is 0 Å². The lowest BCUT2D eigenvalue weighted by Gasteiger charge is -2.22. The topological polar surface area (TPSA) is 39.3 Å². The number of alkyl halides is 3. The summed E-state index contributed by atoms with van der Waals surface area (Å²) < 4.78 is 1.01. The van der Waals surface area contributed by atoms with Crippen LogP contribution in [0.15, 0.2) is 36.8 Å². The summed E-state index contributed by atoms with van der Waals surface area (Å²) in [5, 5.41) is 9.67. The van der Waals surface area contributed by atoms with Crippen LogP contribution in [0.1, 0.15) is 0 Å². The Bertz CT molecular complexity index is 268.